The number of rotatable bonds is 1. The third-order valence-electron chi connectivity index (χ3n) is 3.64. The van der Waals surface area contributed by atoms with Gasteiger partial charge < -0.3 is 9.30 Å². The van der Waals surface area contributed by atoms with Gasteiger partial charge in [0.15, 0.2) is 11.5 Å². The highest BCUT2D eigenvalue weighted by molar-refractivity contribution is 5.81. The van der Waals surface area contributed by atoms with Crippen LogP contribution in [0.5, 0.6) is 6.01 Å². The van der Waals surface area contributed by atoms with Gasteiger partial charge in [-0.3, -0.25) is 18.7 Å². The van der Waals surface area contributed by atoms with Crippen molar-refractivity contribution in [3.8, 4) is 17.4 Å². The Morgan fingerprint density at radius 3 is 2.27 bits per heavy atom. The fourth-order valence-electron chi connectivity index (χ4n) is 2.37. The summed E-state index contributed by atoms with van der Waals surface area (Å²) in [6, 6.07) is 1.53. The lowest BCUT2D eigenvalue weighted by molar-refractivity contribution is 0.358. The molecule has 0 spiro atoms. The van der Waals surface area contributed by atoms with Crippen molar-refractivity contribution >= 4 is 11.0 Å². The Balaban J connectivity index is 2.65. The van der Waals surface area contributed by atoms with Gasteiger partial charge in [-0.1, -0.05) is 0 Å². The first kappa shape index (κ1) is 14.0. The largest absolute Gasteiger partial charge is 0.468 e. The van der Waals surface area contributed by atoms with E-state index in [1.54, 1.807) is 7.05 Å². The molecule has 3 rings (SSSR count). The first-order valence-electron chi connectivity index (χ1n) is 6.38. The average Bonchev–Trinajstić information content (AvgIpc) is 2.50. The quantitative estimate of drug-likeness (QED) is 0.526. The molecule has 0 saturated carbocycles. The van der Waals surface area contributed by atoms with E-state index in [1.807, 2.05) is 0 Å². The molecule has 3 heterocycles. The molecule has 2 aliphatic heterocycles. The number of nitrogens with zero attached hydrogens (tertiary/aromatic N) is 5. The van der Waals surface area contributed by atoms with E-state index in [-0.39, 0.29) is 34.0 Å². The Morgan fingerprint density at radius 2 is 1.64 bits per heavy atom. The van der Waals surface area contributed by atoms with Crippen molar-refractivity contribution in [3.05, 3.63) is 37.3 Å². The van der Waals surface area contributed by atoms with E-state index in [4.69, 9.17) is 4.74 Å². The maximum atomic E-state index is 12.4. The first-order chi connectivity index (χ1) is 10.4. The van der Waals surface area contributed by atoms with Gasteiger partial charge in [0.05, 0.1) is 18.1 Å². The van der Waals surface area contributed by atoms with Gasteiger partial charge in [0.1, 0.15) is 0 Å². The second-order valence-electron chi connectivity index (χ2n) is 4.90. The van der Waals surface area contributed by atoms with E-state index < -0.39 is 11.2 Å². The van der Waals surface area contributed by atoms with E-state index in [0.717, 1.165) is 4.57 Å². The summed E-state index contributed by atoms with van der Waals surface area (Å²) < 4.78 is 8.64. The number of aryl methyl sites for hydroxylation is 1. The van der Waals surface area contributed by atoms with E-state index in [9.17, 15) is 14.4 Å². The lowest BCUT2D eigenvalue weighted by Gasteiger charge is -2.15. The van der Waals surface area contributed by atoms with Crippen molar-refractivity contribution in [3.63, 3.8) is 0 Å². The summed E-state index contributed by atoms with van der Waals surface area (Å²) in [6.45, 7) is 0. The number of ether oxygens (including phenoxy) is 1. The predicted molar refractivity (Wildman–Crippen MR) is 78.4 cm³/mol. The molecular formula is C13H13N5O4. The number of aromatic nitrogens is 5. The van der Waals surface area contributed by atoms with Crippen molar-refractivity contribution in [2.24, 2.45) is 21.1 Å². The van der Waals surface area contributed by atoms with Crippen LogP contribution in [-0.2, 0) is 21.1 Å². The molecule has 9 nitrogen and oxygen atoms in total. The van der Waals surface area contributed by atoms with Gasteiger partial charge in [-0.2, -0.15) is 9.97 Å². The normalized spacial score (nSPS) is 11.3. The van der Waals surface area contributed by atoms with Crippen LogP contribution in [0.3, 0.4) is 0 Å². The molecule has 0 N–H and O–H groups in total. The number of methoxy groups -OCH3 is 1. The Morgan fingerprint density at radius 1 is 0.955 bits per heavy atom. The molecule has 1 aromatic heterocycles. The summed E-state index contributed by atoms with van der Waals surface area (Å²) >= 11 is 0. The standard InChI is InChI=1S/C13H13N5O4/c1-16-8-6(10(19)17(2)12(21)14-8)5-7-9(16)15-13(22-4)18(3)11(7)20/h5H,1-4H3. The first-order valence-corrected chi connectivity index (χ1v) is 6.38. The fourth-order valence-corrected chi connectivity index (χ4v) is 2.37. The van der Waals surface area contributed by atoms with Crippen LogP contribution in [0.25, 0.3) is 22.4 Å². The van der Waals surface area contributed by atoms with Crippen LogP contribution in [0, 0.1) is 0 Å². The maximum absolute atomic E-state index is 12.4. The third kappa shape index (κ3) is 1.68. The van der Waals surface area contributed by atoms with Crippen molar-refractivity contribution in [1.82, 2.24) is 23.7 Å². The smallest absolute Gasteiger partial charge is 0.352 e. The highest BCUT2D eigenvalue weighted by Gasteiger charge is 2.20. The molecule has 0 aliphatic carbocycles. The molecule has 2 aliphatic rings. The molecule has 0 radical (unpaired) electrons. The van der Waals surface area contributed by atoms with Crippen LogP contribution in [0.4, 0.5) is 0 Å². The molecule has 0 bridgehead atoms. The Labute approximate surface area is 123 Å². The van der Waals surface area contributed by atoms with Gasteiger partial charge in [0.2, 0.25) is 0 Å². The molecule has 22 heavy (non-hydrogen) atoms. The lowest BCUT2D eigenvalue weighted by atomic mass is 10.2. The molecule has 0 saturated heterocycles. The SMILES string of the molecule is COc1nc2c(cc3c(=O)n(C)c(=O)nc-3n2C)c(=O)n1C. The maximum Gasteiger partial charge on any atom is 0.352 e. The second kappa shape index (κ2) is 4.52. The molecular weight excluding hydrogens is 290 g/mol. The molecule has 0 amide bonds. The number of fused-ring (bicyclic) bond motifs is 2. The summed E-state index contributed by atoms with van der Waals surface area (Å²) in [5.74, 6) is 0.170. The second-order valence-corrected chi connectivity index (χ2v) is 4.90. The van der Waals surface area contributed by atoms with Crippen LogP contribution in [0.15, 0.2) is 20.4 Å². The zero-order chi connectivity index (χ0) is 16.2. The summed E-state index contributed by atoms with van der Waals surface area (Å²) in [7, 11) is 5.85. The van der Waals surface area contributed by atoms with Gasteiger partial charge in [-0.25, -0.2) is 4.79 Å². The summed E-state index contributed by atoms with van der Waals surface area (Å²) in [6.07, 6.45) is 0. The number of hydrogen-bond acceptors (Lipinski definition) is 6. The molecule has 1 aromatic rings. The van der Waals surface area contributed by atoms with Crippen LogP contribution >= 0.6 is 0 Å². The van der Waals surface area contributed by atoms with E-state index in [0.29, 0.717) is 0 Å². The summed E-state index contributed by atoms with van der Waals surface area (Å²) in [5.41, 5.74) is -1.06. The molecule has 0 unspecified atom stereocenters. The predicted octanol–water partition coefficient (Wildman–Crippen LogP) is -1.16. The Kier molecular flexibility index (Phi) is 2.87. The van der Waals surface area contributed by atoms with E-state index in [2.05, 4.69) is 9.97 Å². The monoisotopic (exact) mass is 303 g/mol. The Hall–Kier alpha value is -2.97. The highest BCUT2D eigenvalue weighted by atomic mass is 16.5. The van der Waals surface area contributed by atoms with Crippen molar-refractivity contribution in [2.45, 2.75) is 0 Å². The fraction of sp³-hybridized carbons (Fsp3) is 0.308. The molecule has 9 heteroatoms. The minimum Gasteiger partial charge on any atom is -0.468 e. The van der Waals surface area contributed by atoms with Gasteiger partial charge in [-0.05, 0) is 6.07 Å². The van der Waals surface area contributed by atoms with Crippen LogP contribution in [0.1, 0.15) is 0 Å². The van der Waals surface area contributed by atoms with Crippen LogP contribution in [-0.4, -0.2) is 30.8 Å². The Bertz CT molecular complexity index is 1060. The van der Waals surface area contributed by atoms with Gasteiger partial charge >= 0.3 is 11.7 Å². The minimum atomic E-state index is -0.664. The van der Waals surface area contributed by atoms with Crippen molar-refractivity contribution in [1.29, 1.82) is 0 Å². The summed E-state index contributed by atoms with van der Waals surface area (Å²) in [5, 5.41) is 0.246. The molecule has 114 valence electrons. The van der Waals surface area contributed by atoms with E-state index in [1.165, 1.54) is 36.4 Å². The zero-order valence-electron chi connectivity index (χ0n) is 12.4. The van der Waals surface area contributed by atoms with Crippen LogP contribution in [0.2, 0.25) is 0 Å². The van der Waals surface area contributed by atoms with E-state index >= 15 is 0 Å². The van der Waals surface area contributed by atoms with Gasteiger partial charge in [0, 0.05) is 21.1 Å². The third-order valence-corrected chi connectivity index (χ3v) is 3.64. The van der Waals surface area contributed by atoms with Crippen molar-refractivity contribution in [2.75, 3.05) is 7.11 Å². The lowest BCUT2D eigenvalue weighted by Crippen LogP contribution is -2.36. The zero-order valence-corrected chi connectivity index (χ0v) is 12.4. The molecule has 0 aromatic carbocycles. The van der Waals surface area contributed by atoms with Crippen molar-refractivity contribution < 1.29 is 4.74 Å². The minimum absolute atomic E-state index is 0.124. The van der Waals surface area contributed by atoms with Gasteiger partial charge in [0.25, 0.3) is 11.1 Å². The molecule has 0 atom stereocenters. The van der Waals surface area contributed by atoms with Gasteiger partial charge in [-0.15, -0.1) is 0 Å². The molecule has 0 fully saturated rings. The highest BCUT2D eigenvalue weighted by Crippen LogP contribution is 2.20. The topological polar surface area (TPSA) is 101 Å². The number of pyridine rings is 1. The number of hydrogen-bond donors (Lipinski definition) is 0. The van der Waals surface area contributed by atoms with Crippen LogP contribution < -0.4 is 21.5 Å². The average molecular weight is 303 g/mol. The summed E-state index contributed by atoms with van der Waals surface area (Å²) in [4.78, 5) is 44.5.